The van der Waals surface area contributed by atoms with Crippen molar-refractivity contribution in [2.45, 2.75) is 154 Å². The van der Waals surface area contributed by atoms with E-state index in [1.165, 1.54) is 18.2 Å². The van der Waals surface area contributed by atoms with Crippen LogP contribution in [-0.4, -0.2) is 75.0 Å². The Morgan fingerprint density at radius 3 is 2.10 bits per heavy atom. The number of carbonyl (C=O) groups excluding carboxylic acids is 1. The molecular formula is C39H72O6SSi3. The molecule has 1 aliphatic carbocycles. The van der Waals surface area contributed by atoms with Gasteiger partial charge in [-0.15, -0.1) is 0 Å². The van der Waals surface area contributed by atoms with E-state index in [0.717, 1.165) is 37.2 Å². The lowest BCUT2D eigenvalue weighted by molar-refractivity contribution is -0.140. The normalized spacial score (nSPS) is 21.8. The molecule has 282 valence electrons. The fourth-order valence-corrected chi connectivity index (χ4v) is 10.8. The second kappa shape index (κ2) is 18.9. The fraction of sp³-hybridized carbons (Fsp3) is 0.769. The van der Waals surface area contributed by atoms with Crippen molar-refractivity contribution in [3.63, 3.8) is 0 Å². The monoisotopic (exact) mass is 752 g/mol. The predicted octanol–water partition coefficient (Wildman–Crippen LogP) is 10.6. The lowest BCUT2D eigenvalue weighted by Crippen LogP contribution is -2.45. The second-order valence-corrected chi connectivity index (χ2v) is 33.2. The van der Waals surface area contributed by atoms with Gasteiger partial charge in [0.15, 0.2) is 25.0 Å². The van der Waals surface area contributed by atoms with Gasteiger partial charge in [-0.2, -0.15) is 11.8 Å². The molecule has 0 unspecified atom stereocenters. The van der Waals surface area contributed by atoms with Crippen molar-refractivity contribution < 1.29 is 27.5 Å². The molecule has 1 saturated carbocycles. The first kappa shape index (κ1) is 44.4. The van der Waals surface area contributed by atoms with Crippen LogP contribution in [0, 0.1) is 11.8 Å². The Hall–Kier alpha value is -0.729. The summed E-state index contributed by atoms with van der Waals surface area (Å²) in [4.78, 5) is 11.6. The van der Waals surface area contributed by atoms with Crippen molar-refractivity contribution in [2.24, 2.45) is 11.8 Å². The number of benzene rings is 1. The molecule has 1 aromatic carbocycles. The van der Waals surface area contributed by atoms with Crippen molar-refractivity contribution in [3.05, 3.63) is 47.5 Å². The van der Waals surface area contributed by atoms with Gasteiger partial charge in [0.25, 0.3) is 0 Å². The minimum Gasteiger partial charge on any atom is -0.469 e. The average Bonchev–Trinajstić information content (AvgIpc) is 3.25. The highest BCUT2D eigenvalue weighted by molar-refractivity contribution is 7.99. The summed E-state index contributed by atoms with van der Waals surface area (Å²) in [6, 6.07) is 8.74. The summed E-state index contributed by atoms with van der Waals surface area (Å²) in [5, 5.41) is 0.216. The number of rotatable bonds is 19. The van der Waals surface area contributed by atoms with Gasteiger partial charge in [-0.25, -0.2) is 0 Å². The molecule has 49 heavy (non-hydrogen) atoms. The lowest BCUT2D eigenvalue weighted by atomic mass is 9.90. The Morgan fingerprint density at radius 1 is 0.898 bits per heavy atom. The number of methoxy groups -OCH3 is 2. The van der Waals surface area contributed by atoms with Crippen LogP contribution in [0.15, 0.2) is 36.4 Å². The topological polar surface area (TPSA) is 63.2 Å². The standard InChI is InChI=1S/C39H72O6SSi3/c1-38(2,3)48(12,13)43-32(27-30-18-16-19-31(26-30)29-41-7)21-22-33-34(23-25-46-24-17-20-37(40)42-8)35(44-47(9,10)11)28-36(33)45-49(14,15)39(4,5)6/h16,18-19,21-22,26,32-36H,17,20,23-25,27-29H2,1-15H3/b22-21+/t32-,33-,34-,35+,36-/m1/s1. The second-order valence-electron chi connectivity index (χ2n) is 18.0. The number of hydrogen-bond acceptors (Lipinski definition) is 7. The first-order valence-electron chi connectivity index (χ1n) is 18.4. The molecule has 0 bridgehead atoms. The van der Waals surface area contributed by atoms with Gasteiger partial charge < -0.3 is 22.8 Å². The number of thioether (sulfide) groups is 1. The van der Waals surface area contributed by atoms with Gasteiger partial charge in [0, 0.05) is 25.9 Å². The first-order valence-corrected chi connectivity index (χ1v) is 28.8. The predicted molar refractivity (Wildman–Crippen MR) is 217 cm³/mol. The molecule has 5 atom stereocenters. The van der Waals surface area contributed by atoms with E-state index < -0.39 is 25.0 Å². The maximum absolute atomic E-state index is 11.6. The maximum atomic E-state index is 11.6. The third-order valence-electron chi connectivity index (χ3n) is 10.7. The molecule has 2 rings (SSSR count). The third-order valence-corrected chi connectivity index (χ3v) is 21.8. The SMILES string of the molecule is COCc1cccc(C[C@@H](/C=C/[C@@H]2[C@@H](CCSCCCC(=O)OC)[C@@H](O[Si](C)(C)C)C[C@H]2O[Si](C)(C)C(C)(C)C)O[Si](C)(C)C(C)(C)C)c1. The summed E-state index contributed by atoms with van der Waals surface area (Å²) in [5.41, 5.74) is 2.45. The van der Waals surface area contributed by atoms with Crippen LogP contribution in [0.2, 0.25) is 55.9 Å². The third kappa shape index (κ3) is 14.7. The molecule has 0 saturated heterocycles. The average molecular weight is 753 g/mol. The molecular weight excluding hydrogens is 681 g/mol. The van der Waals surface area contributed by atoms with Gasteiger partial charge in [0.05, 0.1) is 32.0 Å². The Bertz CT molecular complexity index is 1180. The number of hydrogen-bond donors (Lipinski definition) is 0. The van der Waals surface area contributed by atoms with Crippen LogP contribution in [0.25, 0.3) is 0 Å². The summed E-state index contributed by atoms with van der Waals surface area (Å²) in [6.07, 6.45) is 9.19. The molecule has 10 heteroatoms. The van der Waals surface area contributed by atoms with Crippen LogP contribution in [0.4, 0.5) is 0 Å². The number of esters is 1. The first-order chi connectivity index (χ1) is 22.5. The summed E-state index contributed by atoms with van der Waals surface area (Å²) in [6.45, 7) is 30.9. The van der Waals surface area contributed by atoms with Crippen molar-refractivity contribution >= 4 is 42.7 Å². The molecule has 0 amide bonds. The van der Waals surface area contributed by atoms with Gasteiger partial charge in [-0.05, 0) is 104 Å². The van der Waals surface area contributed by atoms with Gasteiger partial charge in [0.1, 0.15) is 0 Å². The van der Waals surface area contributed by atoms with Crippen molar-refractivity contribution in [1.82, 2.24) is 0 Å². The van der Waals surface area contributed by atoms with E-state index in [0.29, 0.717) is 18.9 Å². The van der Waals surface area contributed by atoms with E-state index in [1.807, 2.05) is 11.8 Å². The van der Waals surface area contributed by atoms with E-state index >= 15 is 0 Å². The zero-order valence-electron chi connectivity index (χ0n) is 33.9. The van der Waals surface area contributed by atoms with E-state index in [2.05, 4.69) is 124 Å². The molecule has 1 aromatic rings. The van der Waals surface area contributed by atoms with E-state index in [4.69, 9.17) is 22.8 Å². The van der Waals surface area contributed by atoms with Crippen molar-refractivity contribution in [3.8, 4) is 0 Å². The van der Waals surface area contributed by atoms with Gasteiger partial charge in [-0.1, -0.05) is 78.0 Å². The minimum absolute atomic E-state index is 0.0440. The molecule has 0 spiro atoms. The highest BCUT2D eigenvalue weighted by atomic mass is 32.2. The Balaban J connectivity index is 2.51. The largest absolute Gasteiger partial charge is 0.469 e. The lowest BCUT2D eigenvalue weighted by Gasteiger charge is -2.40. The zero-order valence-corrected chi connectivity index (χ0v) is 37.7. The van der Waals surface area contributed by atoms with Gasteiger partial charge >= 0.3 is 5.97 Å². The summed E-state index contributed by atoms with van der Waals surface area (Å²) in [7, 11) is -2.72. The smallest absolute Gasteiger partial charge is 0.305 e. The van der Waals surface area contributed by atoms with Crippen LogP contribution >= 0.6 is 11.8 Å². The Kier molecular flexibility index (Phi) is 17.1. The number of carbonyl (C=O) groups is 1. The highest BCUT2D eigenvalue weighted by Crippen LogP contribution is 2.46. The molecule has 1 fully saturated rings. The maximum Gasteiger partial charge on any atom is 0.305 e. The van der Waals surface area contributed by atoms with Crippen LogP contribution in [0.5, 0.6) is 0 Å². The molecule has 0 aromatic heterocycles. The zero-order chi connectivity index (χ0) is 37.3. The Morgan fingerprint density at radius 2 is 1.53 bits per heavy atom. The summed E-state index contributed by atoms with van der Waals surface area (Å²) >= 11 is 1.94. The van der Waals surface area contributed by atoms with Crippen molar-refractivity contribution in [2.75, 3.05) is 25.7 Å². The Labute approximate surface area is 308 Å². The molecule has 1 aliphatic rings. The fourth-order valence-electron chi connectivity index (χ4n) is 5.94. The van der Waals surface area contributed by atoms with E-state index in [9.17, 15) is 4.79 Å². The summed E-state index contributed by atoms with van der Waals surface area (Å²) in [5.74, 6) is 2.44. The quantitative estimate of drug-likeness (QED) is 0.0603. The molecule has 0 aliphatic heterocycles. The van der Waals surface area contributed by atoms with Gasteiger partial charge in [0.2, 0.25) is 0 Å². The van der Waals surface area contributed by atoms with Gasteiger partial charge in [-0.3, -0.25) is 4.79 Å². The van der Waals surface area contributed by atoms with E-state index in [-0.39, 0.29) is 40.3 Å². The summed E-state index contributed by atoms with van der Waals surface area (Å²) < 4.78 is 31.8. The minimum atomic E-state index is -2.07. The van der Waals surface area contributed by atoms with Crippen LogP contribution in [0.3, 0.4) is 0 Å². The molecule has 0 radical (unpaired) electrons. The van der Waals surface area contributed by atoms with Crippen molar-refractivity contribution in [1.29, 1.82) is 0 Å². The highest BCUT2D eigenvalue weighted by Gasteiger charge is 2.49. The van der Waals surface area contributed by atoms with Crippen LogP contribution in [-0.2, 0) is 40.6 Å². The molecule has 0 heterocycles. The van der Waals surface area contributed by atoms with Crippen LogP contribution < -0.4 is 0 Å². The van der Waals surface area contributed by atoms with E-state index in [1.54, 1.807) is 7.11 Å². The van der Waals surface area contributed by atoms with Crippen LogP contribution in [0.1, 0.15) is 78.4 Å². The molecule has 6 nitrogen and oxygen atoms in total. The molecule has 0 N–H and O–H groups in total. The number of ether oxygens (including phenoxy) is 2.